The van der Waals surface area contributed by atoms with E-state index in [2.05, 4.69) is 18.1 Å². The molecular formula is C19H29N3O4S. The summed E-state index contributed by atoms with van der Waals surface area (Å²) in [5.41, 5.74) is 3.13. The van der Waals surface area contributed by atoms with Crippen LogP contribution >= 0.6 is 12.6 Å². The van der Waals surface area contributed by atoms with E-state index in [1.165, 1.54) is 4.90 Å². The third-order valence-electron chi connectivity index (χ3n) is 3.86. The quantitative estimate of drug-likeness (QED) is 0.113. The summed E-state index contributed by atoms with van der Waals surface area (Å²) >= 11 is 4.04. The van der Waals surface area contributed by atoms with Crippen molar-refractivity contribution in [2.75, 3.05) is 19.9 Å². The second-order valence-electron chi connectivity index (χ2n) is 5.94. The second-order valence-corrected chi connectivity index (χ2v) is 6.20. The van der Waals surface area contributed by atoms with Gasteiger partial charge in [-0.1, -0.05) is 31.5 Å². The summed E-state index contributed by atoms with van der Waals surface area (Å²) in [6.45, 7) is 5.18. The SMILES string of the molecule is CCCCOC(=O)C(/C(C)=C\S)N1CCC1=O.NNCOc1ccccc1. The van der Waals surface area contributed by atoms with Crippen molar-refractivity contribution in [3.8, 4) is 5.75 Å². The van der Waals surface area contributed by atoms with Crippen LogP contribution in [-0.2, 0) is 14.3 Å². The fourth-order valence-electron chi connectivity index (χ4n) is 2.27. The van der Waals surface area contributed by atoms with Gasteiger partial charge in [-0.15, -0.1) is 0 Å². The van der Waals surface area contributed by atoms with Crippen LogP contribution in [0.3, 0.4) is 0 Å². The van der Waals surface area contributed by atoms with Crippen LogP contribution in [0.25, 0.3) is 0 Å². The number of nitrogens with two attached hydrogens (primary N) is 1. The molecule has 0 spiro atoms. The Morgan fingerprint density at radius 3 is 2.59 bits per heavy atom. The van der Waals surface area contributed by atoms with Gasteiger partial charge in [0.15, 0.2) is 12.8 Å². The Kier molecular flexibility index (Phi) is 11.2. The number of nitrogens with one attached hydrogen (secondary N) is 1. The molecule has 1 aromatic rings. The number of β-lactam (4-membered cyclic amide) rings is 1. The highest BCUT2D eigenvalue weighted by Gasteiger charge is 2.37. The van der Waals surface area contributed by atoms with Crippen LogP contribution in [-0.4, -0.2) is 42.7 Å². The van der Waals surface area contributed by atoms with Gasteiger partial charge in [0, 0.05) is 13.0 Å². The lowest BCUT2D eigenvalue weighted by Crippen LogP contribution is -2.54. The Balaban J connectivity index is 0.000000309. The molecule has 3 N–H and O–H groups in total. The monoisotopic (exact) mass is 395 g/mol. The summed E-state index contributed by atoms with van der Waals surface area (Å²) < 4.78 is 10.3. The van der Waals surface area contributed by atoms with E-state index in [1.807, 2.05) is 37.3 Å². The zero-order valence-corrected chi connectivity index (χ0v) is 16.8. The third-order valence-corrected chi connectivity index (χ3v) is 4.27. The molecule has 0 aliphatic carbocycles. The number of likely N-dealkylation sites (tertiary alicyclic amines) is 1. The summed E-state index contributed by atoms with van der Waals surface area (Å²) in [5.74, 6) is 5.47. The van der Waals surface area contributed by atoms with Crippen LogP contribution in [0.15, 0.2) is 41.3 Å². The van der Waals surface area contributed by atoms with Gasteiger partial charge < -0.3 is 14.4 Å². The lowest BCUT2D eigenvalue weighted by molar-refractivity contribution is -0.158. The Bertz CT molecular complexity index is 610. The fourth-order valence-corrected chi connectivity index (χ4v) is 2.41. The Morgan fingerprint density at radius 1 is 1.41 bits per heavy atom. The molecule has 8 heteroatoms. The fraction of sp³-hybridized carbons (Fsp3) is 0.474. The van der Waals surface area contributed by atoms with Crippen LogP contribution in [0, 0.1) is 0 Å². The Hall–Kier alpha value is -2.03. The summed E-state index contributed by atoms with van der Waals surface area (Å²) in [4.78, 5) is 24.8. The van der Waals surface area contributed by atoms with E-state index in [0.717, 1.165) is 24.2 Å². The van der Waals surface area contributed by atoms with E-state index in [9.17, 15) is 9.59 Å². The van der Waals surface area contributed by atoms with Crippen molar-refractivity contribution in [1.82, 2.24) is 10.3 Å². The molecule has 1 amide bonds. The number of ether oxygens (including phenoxy) is 2. The molecule has 150 valence electrons. The summed E-state index contributed by atoms with van der Waals surface area (Å²) in [7, 11) is 0. The maximum Gasteiger partial charge on any atom is 0.333 e. The molecule has 1 aliphatic heterocycles. The van der Waals surface area contributed by atoms with E-state index in [4.69, 9.17) is 15.3 Å². The molecule has 2 rings (SSSR count). The minimum atomic E-state index is -0.592. The van der Waals surface area contributed by atoms with Crippen molar-refractivity contribution in [2.45, 2.75) is 39.2 Å². The molecule has 0 aromatic heterocycles. The number of amides is 1. The van der Waals surface area contributed by atoms with Crippen LogP contribution in [0.5, 0.6) is 5.75 Å². The molecule has 1 unspecified atom stereocenters. The maximum absolute atomic E-state index is 11.9. The average Bonchev–Trinajstić information content (AvgIpc) is 2.69. The van der Waals surface area contributed by atoms with Crippen LogP contribution in [0.1, 0.15) is 33.1 Å². The van der Waals surface area contributed by atoms with Gasteiger partial charge in [0.25, 0.3) is 0 Å². The molecule has 7 nitrogen and oxygen atoms in total. The lowest BCUT2D eigenvalue weighted by atomic mass is 10.0. The zero-order chi connectivity index (χ0) is 20.1. The molecular weight excluding hydrogens is 366 g/mol. The number of unbranched alkanes of at least 4 members (excludes halogenated alkanes) is 1. The first kappa shape index (κ1) is 23.0. The number of carbonyl (C=O) groups is 2. The van der Waals surface area contributed by atoms with E-state index >= 15 is 0 Å². The molecule has 1 fully saturated rings. The molecule has 27 heavy (non-hydrogen) atoms. The van der Waals surface area contributed by atoms with Gasteiger partial charge in [-0.25, -0.2) is 10.2 Å². The highest BCUT2D eigenvalue weighted by molar-refractivity contribution is 7.83. The van der Waals surface area contributed by atoms with Gasteiger partial charge in [-0.05, 0) is 36.5 Å². The Morgan fingerprint density at radius 2 is 2.11 bits per heavy atom. The molecule has 1 saturated heterocycles. The molecule has 1 aliphatic rings. The number of para-hydroxylation sites is 1. The largest absolute Gasteiger partial charge is 0.477 e. The van der Waals surface area contributed by atoms with Crippen molar-refractivity contribution in [2.24, 2.45) is 5.84 Å². The number of thiol groups is 1. The topological polar surface area (TPSA) is 93.9 Å². The molecule has 1 aromatic carbocycles. The normalized spacial score (nSPS) is 14.6. The first-order chi connectivity index (χ1) is 13.0. The van der Waals surface area contributed by atoms with E-state index < -0.39 is 6.04 Å². The predicted molar refractivity (Wildman–Crippen MR) is 108 cm³/mol. The van der Waals surface area contributed by atoms with E-state index in [1.54, 1.807) is 12.3 Å². The van der Waals surface area contributed by atoms with Gasteiger partial charge >= 0.3 is 5.97 Å². The van der Waals surface area contributed by atoms with E-state index in [-0.39, 0.29) is 11.9 Å². The van der Waals surface area contributed by atoms with Gasteiger partial charge in [0.2, 0.25) is 5.91 Å². The minimum absolute atomic E-state index is 0.00280. The van der Waals surface area contributed by atoms with Crippen molar-refractivity contribution in [1.29, 1.82) is 0 Å². The first-order valence-corrected chi connectivity index (χ1v) is 9.45. The first-order valence-electron chi connectivity index (χ1n) is 8.93. The number of nitrogens with zero attached hydrogens (tertiary/aromatic N) is 1. The predicted octanol–water partition coefficient (Wildman–Crippen LogP) is 2.25. The molecule has 0 bridgehead atoms. The van der Waals surface area contributed by atoms with Gasteiger partial charge in [0.1, 0.15) is 5.75 Å². The molecule has 0 saturated carbocycles. The molecule has 1 atom stereocenters. The number of esters is 1. The zero-order valence-electron chi connectivity index (χ0n) is 15.9. The maximum atomic E-state index is 11.9. The van der Waals surface area contributed by atoms with Crippen molar-refractivity contribution in [3.05, 3.63) is 41.3 Å². The number of hydrazine groups is 1. The molecule has 0 radical (unpaired) electrons. The summed E-state index contributed by atoms with van der Waals surface area (Å²) in [5, 5.41) is 1.55. The second kappa shape index (κ2) is 13.2. The number of rotatable bonds is 9. The Labute approximate surface area is 166 Å². The lowest BCUT2D eigenvalue weighted by Gasteiger charge is -2.37. The van der Waals surface area contributed by atoms with Crippen LogP contribution in [0.4, 0.5) is 0 Å². The number of benzene rings is 1. The van der Waals surface area contributed by atoms with Gasteiger partial charge in [-0.3, -0.25) is 10.6 Å². The number of hydrogen-bond donors (Lipinski definition) is 3. The van der Waals surface area contributed by atoms with Crippen molar-refractivity contribution in [3.63, 3.8) is 0 Å². The van der Waals surface area contributed by atoms with Crippen LogP contribution in [0.2, 0.25) is 0 Å². The number of hydrogen-bond acceptors (Lipinski definition) is 7. The van der Waals surface area contributed by atoms with E-state index in [0.29, 0.717) is 26.3 Å². The minimum Gasteiger partial charge on any atom is -0.477 e. The smallest absolute Gasteiger partial charge is 0.333 e. The highest BCUT2D eigenvalue weighted by Crippen LogP contribution is 2.21. The third kappa shape index (κ3) is 8.03. The standard InChI is InChI=1S/C12H19NO3S.C7H10N2O/c1-3-4-7-16-12(15)11(9(2)8-17)13-6-5-10(13)14;8-9-6-10-7-4-2-1-3-5-7/h8,11,17H,3-7H2,1-2H3;1-5,9H,6,8H2/b9-8-;. The van der Waals surface area contributed by atoms with Crippen LogP contribution < -0.4 is 16.0 Å². The van der Waals surface area contributed by atoms with Crippen molar-refractivity contribution < 1.29 is 19.1 Å². The van der Waals surface area contributed by atoms with Crippen molar-refractivity contribution >= 4 is 24.5 Å². The van der Waals surface area contributed by atoms with Gasteiger partial charge in [0.05, 0.1) is 6.61 Å². The summed E-state index contributed by atoms with van der Waals surface area (Å²) in [6.07, 6.45) is 2.33. The average molecular weight is 396 g/mol. The summed E-state index contributed by atoms with van der Waals surface area (Å²) in [6, 6.07) is 8.90. The number of carbonyl (C=O) groups excluding carboxylic acids is 2. The van der Waals surface area contributed by atoms with Gasteiger partial charge in [-0.2, -0.15) is 12.6 Å². The highest BCUT2D eigenvalue weighted by atomic mass is 32.1. The molecule has 1 heterocycles.